The number of thioether (sulfide) groups is 2. The van der Waals surface area contributed by atoms with Gasteiger partial charge in [0.25, 0.3) is 0 Å². The Labute approximate surface area is 91.0 Å². The van der Waals surface area contributed by atoms with Gasteiger partial charge in [-0.1, -0.05) is 29.6 Å². The minimum absolute atomic E-state index is 0.524. The number of nitrogens with zero attached hydrogens (tertiary/aromatic N) is 1. The fraction of sp³-hybridized carbons (Fsp3) is 0.444. The van der Waals surface area contributed by atoms with E-state index in [1.165, 1.54) is 9.25 Å². The van der Waals surface area contributed by atoms with Crippen LogP contribution in [0.5, 0.6) is 0 Å². The zero-order chi connectivity index (χ0) is 9.10. The van der Waals surface area contributed by atoms with Crippen molar-refractivity contribution in [2.75, 3.05) is 5.75 Å². The highest BCUT2D eigenvalue weighted by Crippen LogP contribution is 2.29. The topological polar surface area (TPSA) is 12.4 Å². The average molecular weight is 229 g/mol. The highest BCUT2D eigenvalue weighted by molar-refractivity contribution is 8.38. The van der Waals surface area contributed by atoms with Crippen LogP contribution in [0.4, 0.5) is 0 Å². The first-order valence-electron chi connectivity index (χ1n) is 4.20. The molecule has 13 heavy (non-hydrogen) atoms. The summed E-state index contributed by atoms with van der Waals surface area (Å²) in [6.07, 6.45) is 0. The molecular weight excluding hydrogens is 218 g/mol. The maximum Gasteiger partial charge on any atom is 0.125 e. The molecule has 2 rings (SSSR count). The van der Waals surface area contributed by atoms with E-state index in [0.29, 0.717) is 6.04 Å². The Morgan fingerprint density at radius 1 is 1.69 bits per heavy atom. The highest BCUT2D eigenvalue weighted by atomic mass is 32.2. The molecule has 1 aliphatic heterocycles. The van der Waals surface area contributed by atoms with E-state index < -0.39 is 0 Å². The number of hydrogen-bond donors (Lipinski definition) is 0. The van der Waals surface area contributed by atoms with Crippen LogP contribution in [0.2, 0.25) is 0 Å². The lowest BCUT2D eigenvalue weighted by molar-refractivity contribution is 0.867. The van der Waals surface area contributed by atoms with Gasteiger partial charge in [0.15, 0.2) is 0 Å². The molecule has 0 amide bonds. The summed E-state index contributed by atoms with van der Waals surface area (Å²) in [5.74, 6) is 2.24. The third kappa shape index (κ3) is 2.76. The summed E-state index contributed by atoms with van der Waals surface area (Å²) in [6, 6.07) is 4.81. The van der Waals surface area contributed by atoms with Crippen molar-refractivity contribution in [3.8, 4) is 0 Å². The first kappa shape index (κ1) is 9.62. The van der Waals surface area contributed by atoms with E-state index in [1.54, 1.807) is 0 Å². The lowest BCUT2D eigenvalue weighted by atomic mass is 10.4. The van der Waals surface area contributed by atoms with Crippen LogP contribution in [0.3, 0.4) is 0 Å². The second-order valence-electron chi connectivity index (χ2n) is 2.92. The van der Waals surface area contributed by atoms with Crippen LogP contribution in [-0.4, -0.2) is 16.2 Å². The average Bonchev–Trinajstić information content (AvgIpc) is 2.71. The summed E-state index contributed by atoms with van der Waals surface area (Å²) in [7, 11) is 0. The predicted molar refractivity (Wildman–Crippen MR) is 65.0 cm³/mol. The summed E-state index contributed by atoms with van der Waals surface area (Å²) in [5, 5.41) is 2.13. The van der Waals surface area contributed by atoms with Crippen LogP contribution in [0.25, 0.3) is 0 Å². The number of aliphatic imine (C=N–C) groups is 1. The molecule has 0 radical (unpaired) electrons. The van der Waals surface area contributed by atoms with Crippen LogP contribution < -0.4 is 0 Å². The van der Waals surface area contributed by atoms with Gasteiger partial charge in [0, 0.05) is 16.4 Å². The zero-order valence-corrected chi connectivity index (χ0v) is 9.85. The van der Waals surface area contributed by atoms with Gasteiger partial charge in [0.2, 0.25) is 0 Å². The summed E-state index contributed by atoms with van der Waals surface area (Å²) in [5.41, 5.74) is 0. The van der Waals surface area contributed by atoms with E-state index in [-0.39, 0.29) is 0 Å². The second-order valence-corrected chi connectivity index (χ2v) is 6.19. The summed E-state index contributed by atoms with van der Waals surface area (Å²) in [4.78, 5) is 5.97. The molecule has 1 aromatic heterocycles. The lowest BCUT2D eigenvalue weighted by Crippen LogP contribution is -1.92. The van der Waals surface area contributed by atoms with Crippen molar-refractivity contribution in [1.82, 2.24) is 0 Å². The molecule has 4 heteroatoms. The molecule has 0 fully saturated rings. The normalized spacial score (nSPS) is 21.9. The van der Waals surface area contributed by atoms with Crippen molar-refractivity contribution in [1.29, 1.82) is 0 Å². The Balaban J connectivity index is 1.83. The number of hydrogen-bond acceptors (Lipinski definition) is 4. The van der Waals surface area contributed by atoms with E-state index >= 15 is 0 Å². The molecule has 0 saturated heterocycles. The molecule has 1 nitrogen and oxygen atoms in total. The molecule has 1 unspecified atom stereocenters. The largest absolute Gasteiger partial charge is 0.268 e. The molecule has 70 valence electrons. The third-order valence-corrected chi connectivity index (χ3v) is 5.27. The Hall–Kier alpha value is 0.0700. The fourth-order valence-electron chi connectivity index (χ4n) is 1.05. The highest BCUT2D eigenvalue weighted by Gasteiger charge is 2.13. The SMILES string of the molecule is CC1CSC(SCc2cccs2)=N1. The van der Waals surface area contributed by atoms with Gasteiger partial charge in [-0.15, -0.1) is 11.3 Å². The summed E-state index contributed by atoms with van der Waals surface area (Å²) in [6.45, 7) is 2.17. The van der Waals surface area contributed by atoms with Gasteiger partial charge in [-0.3, -0.25) is 4.99 Å². The van der Waals surface area contributed by atoms with Gasteiger partial charge in [-0.25, -0.2) is 0 Å². The minimum Gasteiger partial charge on any atom is -0.268 e. The fourth-order valence-corrected chi connectivity index (χ4v) is 4.03. The van der Waals surface area contributed by atoms with E-state index in [4.69, 9.17) is 0 Å². The second kappa shape index (κ2) is 4.53. The van der Waals surface area contributed by atoms with Gasteiger partial charge in [-0.05, 0) is 18.4 Å². The Bertz CT molecular complexity index is 292. The van der Waals surface area contributed by atoms with E-state index in [9.17, 15) is 0 Å². The Morgan fingerprint density at radius 2 is 2.62 bits per heavy atom. The molecule has 1 atom stereocenters. The van der Waals surface area contributed by atoms with Crippen molar-refractivity contribution >= 4 is 39.2 Å². The molecule has 1 aromatic rings. The smallest absolute Gasteiger partial charge is 0.125 e. The molecule has 2 heterocycles. The maximum atomic E-state index is 4.54. The van der Waals surface area contributed by atoms with Crippen molar-refractivity contribution in [2.24, 2.45) is 4.99 Å². The van der Waals surface area contributed by atoms with E-state index in [2.05, 4.69) is 29.4 Å². The standard InChI is InChI=1S/C9H11NS3/c1-7-5-12-9(10-7)13-6-8-3-2-4-11-8/h2-4,7H,5-6H2,1H3. The molecule has 0 saturated carbocycles. The van der Waals surface area contributed by atoms with Gasteiger partial charge in [0.05, 0.1) is 6.04 Å². The Kier molecular flexibility index (Phi) is 3.35. The van der Waals surface area contributed by atoms with Crippen LogP contribution >= 0.6 is 34.9 Å². The number of thiophene rings is 1. The Morgan fingerprint density at radius 3 is 3.23 bits per heavy atom. The van der Waals surface area contributed by atoms with Crippen molar-refractivity contribution in [3.63, 3.8) is 0 Å². The first-order valence-corrected chi connectivity index (χ1v) is 7.05. The molecule has 0 aliphatic carbocycles. The molecule has 0 aromatic carbocycles. The minimum atomic E-state index is 0.524. The van der Waals surface area contributed by atoms with Crippen molar-refractivity contribution < 1.29 is 0 Å². The van der Waals surface area contributed by atoms with Crippen molar-refractivity contribution in [3.05, 3.63) is 22.4 Å². The third-order valence-electron chi connectivity index (χ3n) is 1.69. The monoisotopic (exact) mass is 229 g/mol. The van der Waals surface area contributed by atoms with E-state index in [1.807, 2.05) is 34.9 Å². The van der Waals surface area contributed by atoms with Crippen LogP contribution in [-0.2, 0) is 5.75 Å². The zero-order valence-electron chi connectivity index (χ0n) is 7.40. The lowest BCUT2D eigenvalue weighted by Gasteiger charge is -1.95. The quantitative estimate of drug-likeness (QED) is 0.770. The van der Waals surface area contributed by atoms with Gasteiger partial charge in [0.1, 0.15) is 4.38 Å². The first-order chi connectivity index (χ1) is 6.34. The van der Waals surface area contributed by atoms with Gasteiger partial charge < -0.3 is 0 Å². The van der Waals surface area contributed by atoms with Gasteiger partial charge >= 0.3 is 0 Å². The summed E-state index contributed by atoms with van der Waals surface area (Å²) >= 11 is 5.58. The molecular formula is C9H11NS3. The molecule has 1 aliphatic rings. The molecule has 0 bridgehead atoms. The maximum absolute atomic E-state index is 4.54. The summed E-state index contributed by atoms with van der Waals surface area (Å²) < 4.78 is 1.26. The van der Waals surface area contributed by atoms with Gasteiger partial charge in [-0.2, -0.15) is 0 Å². The van der Waals surface area contributed by atoms with Crippen LogP contribution in [0.15, 0.2) is 22.5 Å². The van der Waals surface area contributed by atoms with Crippen LogP contribution in [0.1, 0.15) is 11.8 Å². The van der Waals surface area contributed by atoms with E-state index in [0.717, 1.165) is 11.5 Å². The molecule has 0 N–H and O–H groups in total. The van der Waals surface area contributed by atoms with Crippen LogP contribution in [0, 0.1) is 0 Å². The molecule has 0 spiro atoms. The number of rotatable bonds is 2. The predicted octanol–water partition coefficient (Wildman–Crippen LogP) is 3.47. The van der Waals surface area contributed by atoms with Crippen molar-refractivity contribution in [2.45, 2.75) is 18.7 Å².